The Hall–Kier alpha value is -1.59. The van der Waals surface area contributed by atoms with E-state index in [1.165, 1.54) is 218 Å². The second-order valence-corrected chi connectivity index (χ2v) is 20.1. The van der Waals surface area contributed by atoms with Crippen LogP contribution in [0.3, 0.4) is 0 Å². The van der Waals surface area contributed by atoms with Gasteiger partial charge < -0.3 is 14.2 Å². The fraction of sp³-hybridized carbons (Fsp3) is 0.947. The van der Waals surface area contributed by atoms with E-state index in [0.717, 1.165) is 63.7 Å². The zero-order valence-electron chi connectivity index (χ0n) is 43.0. The van der Waals surface area contributed by atoms with E-state index in [1.54, 1.807) is 0 Å². The largest absolute Gasteiger partial charge is 0.462 e. The first-order valence-corrected chi connectivity index (χ1v) is 28.4. The number of rotatable bonds is 52. The van der Waals surface area contributed by atoms with Gasteiger partial charge in [0.25, 0.3) is 0 Å². The zero-order chi connectivity index (χ0) is 45.9. The van der Waals surface area contributed by atoms with Crippen LogP contribution in [0.15, 0.2) is 0 Å². The first-order valence-electron chi connectivity index (χ1n) is 28.4. The van der Waals surface area contributed by atoms with Gasteiger partial charge in [0.2, 0.25) is 0 Å². The molecule has 0 rings (SSSR count). The van der Waals surface area contributed by atoms with E-state index in [2.05, 4.69) is 27.7 Å². The predicted octanol–water partition coefficient (Wildman–Crippen LogP) is 18.6. The van der Waals surface area contributed by atoms with Gasteiger partial charge in [0.1, 0.15) is 13.2 Å². The van der Waals surface area contributed by atoms with Crippen LogP contribution >= 0.6 is 0 Å². The van der Waals surface area contributed by atoms with Gasteiger partial charge >= 0.3 is 17.9 Å². The van der Waals surface area contributed by atoms with Crippen molar-refractivity contribution in [2.45, 2.75) is 329 Å². The molecule has 0 amide bonds. The maximum Gasteiger partial charge on any atom is 0.306 e. The van der Waals surface area contributed by atoms with Crippen LogP contribution in [0.1, 0.15) is 323 Å². The minimum Gasteiger partial charge on any atom is -0.462 e. The molecule has 1 atom stereocenters. The predicted molar refractivity (Wildman–Crippen MR) is 270 cm³/mol. The van der Waals surface area contributed by atoms with Crippen LogP contribution in [0, 0.1) is 5.92 Å². The van der Waals surface area contributed by atoms with Crippen molar-refractivity contribution in [1.82, 2.24) is 0 Å². The Balaban J connectivity index is 4.29. The van der Waals surface area contributed by atoms with Gasteiger partial charge in [-0.3, -0.25) is 14.4 Å². The molecule has 0 aliphatic heterocycles. The molecule has 6 nitrogen and oxygen atoms in total. The molecule has 63 heavy (non-hydrogen) atoms. The van der Waals surface area contributed by atoms with E-state index >= 15 is 0 Å². The number of esters is 3. The van der Waals surface area contributed by atoms with Gasteiger partial charge in [0, 0.05) is 19.3 Å². The van der Waals surface area contributed by atoms with Gasteiger partial charge in [0.15, 0.2) is 6.10 Å². The van der Waals surface area contributed by atoms with Crippen LogP contribution in [0.25, 0.3) is 0 Å². The highest BCUT2D eigenvalue weighted by atomic mass is 16.6. The summed E-state index contributed by atoms with van der Waals surface area (Å²) in [5.41, 5.74) is 0. The Morgan fingerprint density at radius 2 is 0.524 bits per heavy atom. The Bertz CT molecular complexity index is 949. The molecule has 0 aromatic carbocycles. The van der Waals surface area contributed by atoms with Crippen LogP contribution < -0.4 is 0 Å². The van der Waals surface area contributed by atoms with Crippen LogP contribution in [-0.4, -0.2) is 37.2 Å². The number of hydrogen-bond acceptors (Lipinski definition) is 6. The summed E-state index contributed by atoms with van der Waals surface area (Å²) < 4.78 is 16.9. The third-order valence-electron chi connectivity index (χ3n) is 13.0. The fourth-order valence-electron chi connectivity index (χ4n) is 8.75. The molecule has 0 aliphatic carbocycles. The molecule has 0 heterocycles. The lowest BCUT2D eigenvalue weighted by Gasteiger charge is -2.18. The van der Waals surface area contributed by atoms with Gasteiger partial charge in [-0.25, -0.2) is 0 Å². The Labute approximate surface area is 393 Å². The quantitative estimate of drug-likeness (QED) is 0.0344. The molecule has 0 spiro atoms. The van der Waals surface area contributed by atoms with Crippen molar-refractivity contribution in [2.75, 3.05) is 13.2 Å². The van der Waals surface area contributed by atoms with Crippen LogP contribution in [0.5, 0.6) is 0 Å². The maximum atomic E-state index is 12.8. The molecule has 0 aromatic rings. The van der Waals surface area contributed by atoms with Crippen molar-refractivity contribution >= 4 is 17.9 Å². The van der Waals surface area contributed by atoms with Gasteiger partial charge in [-0.15, -0.1) is 0 Å². The lowest BCUT2D eigenvalue weighted by Crippen LogP contribution is -2.30. The minimum absolute atomic E-state index is 0.0621. The highest BCUT2D eigenvalue weighted by Gasteiger charge is 2.19. The third kappa shape index (κ3) is 51.3. The van der Waals surface area contributed by atoms with Crippen molar-refractivity contribution < 1.29 is 28.6 Å². The molecule has 0 radical (unpaired) electrons. The normalized spacial score (nSPS) is 12.0. The maximum absolute atomic E-state index is 12.8. The molecule has 0 unspecified atom stereocenters. The van der Waals surface area contributed by atoms with Gasteiger partial charge in [-0.2, -0.15) is 0 Å². The third-order valence-corrected chi connectivity index (χ3v) is 13.0. The number of carbonyl (C=O) groups excluding carboxylic acids is 3. The molecule has 0 bridgehead atoms. The standard InChI is InChI=1S/C57H110O6/c1-5-7-9-11-13-15-17-19-21-22-24-25-27-32-36-40-44-48-55(58)61-51-54(52-62-56(59)49-45-41-37-33-30-29-31-35-39-43-47-53(3)4)63-57(60)50-46-42-38-34-28-26-23-20-18-16-14-12-10-8-6-2/h53-54H,5-52H2,1-4H3/t54-/m0/s1. The fourth-order valence-corrected chi connectivity index (χ4v) is 8.75. The Morgan fingerprint density at radius 3 is 0.778 bits per heavy atom. The average Bonchev–Trinajstić information content (AvgIpc) is 3.27. The summed E-state index contributed by atoms with van der Waals surface area (Å²) in [6, 6.07) is 0. The molecule has 0 saturated heterocycles. The molecule has 374 valence electrons. The molecule has 6 heteroatoms. The second kappa shape index (κ2) is 51.4. The minimum atomic E-state index is -0.761. The van der Waals surface area contributed by atoms with E-state index in [0.29, 0.717) is 19.3 Å². The van der Waals surface area contributed by atoms with E-state index < -0.39 is 6.10 Å². The summed E-state index contributed by atoms with van der Waals surface area (Å²) in [7, 11) is 0. The SMILES string of the molecule is CCCCCCCCCCCCCCCCCCCC(=O)OC[C@@H](COC(=O)CCCCCCCCCCCCC(C)C)OC(=O)CCCCCCCCCCCCCCCCC. The van der Waals surface area contributed by atoms with Crippen molar-refractivity contribution in [3.8, 4) is 0 Å². The number of unbranched alkanes of at least 4 members (excludes halogenated alkanes) is 39. The molecule has 0 aromatic heterocycles. The lowest BCUT2D eigenvalue weighted by atomic mass is 10.0. The van der Waals surface area contributed by atoms with Gasteiger partial charge in [0.05, 0.1) is 0 Å². The van der Waals surface area contributed by atoms with Crippen molar-refractivity contribution in [2.24, 2.45) is 5.92 Å². The van der Waals surface area contributed by atoms with Crippen molar-refractivity contribution in [3.63, 3.8) is 0 Å². The molecular formula is C57H110O6. The summed E-state index contributed by atoms with van der Waals surface area (Å²) in [4.78, 5) is 38.1. The molecular weight excluding hydrogens is 781 g/mol. The topological polar surface area (TPSA) is 78.9 Å². The summed E-state index contributed by atoms with van der Waals surface area (Å²) >= 11 is 0. The van der Waals surface area contributed by atoms with Crippen molar-refractivity contribution in [1.29, 1.82) is 0 Å². The second-order valence-electron chi connectivity index (χ2n) is 20.1. The van der Waals surface area contributed by atoms with Crippen LogP contribution in [0.2, 0.25) is 0 Å². The molecule has 0 N–H and O–H groups in total. The average molecular weight is 892 g/mol. The van der Waals surface area contributed by atoms with E-state index in [-0.39, 0.29) is 31.1 Å². The summed E-state index contributed by atoms with van der Waals surface area (Å²) in [5, 5.41) is 0. The molecule has 0 saturated carbocycles. The number of ether oxygens (including phenoxy) is 3. The van der Waals surface area contributed by atoms with Gasteiger partial charge in [-0.05, 0) is 25.2 Å². The number of hydrogen-bond donors (Lipinski definition) is 0. The van der Waals surface area contributed by atoms with Crippen LogP contribution in [0.4, 0.5) is 0 Å². The highest BCUT2D eigenvalue weighted by Crippen LogP contribution is 2.18. The summed E-state index contributed by atoms with van der Waals surface area (Å²) in [5.74, 6) is -0.0189. The number of carbonyl (C=O) groups is 3. The first kappa shape index (κ1) is 61.4. The van der Waals surface area contributed by atoms with E-state index in [9.17, 15) is 14.4 Å². The smallest absolute Gasteiger partial charge is 0.306 e. The highest BCUT2D eigenvalue weighted by molar-refractivity contribution is 5.71. The summed E-state index contributed by atoms with van der Waals surface area (Å²) in [6.45, 7) is 9.04. The van der Waals surface area contributed by atoms with E-state index in [4.69, 9.17) is 14.2 Å². The van der Waals surface area contributed by atoms with E-state index in [1.807, 2.05) is 0 Å². The molecule has 0 aliphatic rings. The monoisotopic (exact) mass is 891 g/mol. The summed E-state index contributed by atoms with van der Waals surface area (Å²) in [6.07, 6.45) is 55.2. The zero-order valence-corrected chi connectivity index (χ0v) is 43.0. The molecule has 0 fully saturated rings. The van der Waals surface area contributed by atoms with Gasteiger partial charge in [-0.1, -0.05) is 285 Å². The van der Waals surface area contributed by atoms with Crippen LogP contribution in [-0.2, 0) is 28.6 Å². The van der Waals surface area contributed by atoms with Crippen molar-refractivity contribution in [3.05, 3.63) is 0 Å². The Morgan fingerprint density at radius 1 is 0.302 bits per heavy atom. The Kier molecular flexibility index (Phi) is 50.1. The lowest BCUT2D eigenvalue weighted by molar-refractivity contribution is -0.167. The first-order chi connectivity index (χ1) is 30.9.